The molecule has 0 fully saturated rings. The van der Waals surface area contributed by atoms with Crippen LogP contribution in [0.5, 0.6) is 0 Å². The highest BCUT2D eigenvalue weighted by atomic mass is 16.1. The molecular weight excluding hydrogens is 206 g/mol. The molecule has 82 valence electrons. The van der Waals surface area contributed by atoms with Crippen molar-refractivity contribution in [3.63, 3.8) is 0 Å². The maximum atomic E-state index is 12.0. The van der Waals surface area contributed by atoms with Crippen LogP contribution in [0.2, 0.25) is 0 Å². The van der Waals surface area contributed by atoms with Gasteiger partial charge in [0.05, 0.1) is 17.1 Å². The average molecular weight is 217 g/mol. The van der Waals surface area contributed by atoms with Crippen LogP contribution in [-0.4, -0.2) is 21.4 Å². The van der Waals surface area contributed by atoms with Gasteiger partial charge in [0.25, 0.3) is 0 Å². The summed E-state index contributed by atoms with van der Waals surface area (Å²) in [5.74, 6) is -0.0872. The number of H-pyrrole nitrogens is 1. The van der Waals surface area contributed by atoms with Crippen molar-refractivity contribution in [2.24, 2.45) is 5.73 Å². The molecule has 0 saturated carbocycles. The number of aromatic amines is 1. The van der Waals surface area contributed by atoms with Crippen LogP contribution in [0, 0.1) is 0 Å². The number of nitrogens with one attached hydrogen (secondary N) is 1. The molecule has 0 aliphatic carbocycles. The third-order valence-corrected chi connectivity index (χ3v) is 3.06. The number of nitrogens with zero attached hydrogens (tertiary/aromatic N) is 1. The van der Waals surface area contributed by atoms with Crippen LogP contribution in [0.25, 0.3) is 11.0 Å². The van der Waals surface area contributed by atoms with E-state index in [4.69, 9.17) is 5.73 Å². The molecule has 1 aromatic heterocycles. The van der Waals surface area contributed by atoms with Gasteiger partial charge in [0.15, 0.2) is 5.78 Å². The van der Waals surface area contributed by atoms with Gasteiger partial charge in [0.2, 0.25) is 0 Å². The number of aromatic nitrogens is 2. The largest absolute Gasteiger partial charge is 0.326 e. The number of nitrogens with two attached hydrogens (primary N) is 1. The number of hydrogen-bond donors (Lipinski definition) is 2. The number of hydrogen-bond acceptors (Lipinski definition) is 3. The second-order valence-corrected chi connectivity index (χ2v) is 4.04. The number of aryl methyl sites for hydroxylation is 1. The van der Waals surface area contributed by atoms with Crippen molar-refractivity contribution in [2.75, 3.05) is 0 Å². The summed E-state index contributed by atoms with van der Waals surface area (Å²) in [6.07, 6.45) is 0.500. The smallest absolute Gasteiger partial charge is 0.321 e. The number of carbonyl (C=O) groups excluding carboxylic acids is 1. The Morgan fingerprint density at radius 2 is 2.19 bits per heavy atom. The van der Waals surface area contributed by atoms with Crippen LogP contribution in [-0.2, 0) is 6.54 Å². The summed E-state index contributed by atoms with van der Waals surface area (Å²) in [5, 5.41) is 0. The molecule has 16 heavy (non-hydrogen) atoms. The fourth-order valence-corrected chi connectivity index (χ4v) is 2.23. The average Bonchev–Trinajstić information content (AvgIpc) is 2.53. The van der Waals surface area contributed by atoms with Crippen molar-refractivity contribution >= 4 is 16.8 Å². The monoisotopic (exact) mass is 217 g/mol. The lowest BCUT2D eigenvalue weighted by molar-refractivity contribution is 0.0960. The number of Topliss-reactive ketones (excluding diaryl/α,β-unsaturated/α-hetero) is 1. The Morgan fingerprint density at radius 3 is 3.00 bits per heavy atom. The van der Waals surface area contributed by atoms with Crippen molar-refractivity contribution in [1.82, 2.24) is 9.55 Å². The molecule has 2 heterocycles. The normalized spacial score (nSPS) is 20.1. The summed E-state index contributed by atoms with van der Waals surface area (Å²) in [6, 6.07) is 4.76. The van der Waals surface area contributed by atoms with Crippen molar-refractivity contribution < 1.29 is 4.79 Å². The van der Waals surface area contributed by atoms with Crippen LogP contribution in [0.15, 0.2) is 23.0 Å². The lowest BCUT2D eigenvalue weighted by Crippen LogP contribution is -2.30. The molecule has 1 aliphatic rings. The van der Waals surface area contributed by atoms with E-state index >= 15 is 0 Å². The van der Waals surface area contributed by atoms with Crippen LogP contribution >= 0.6 is 0 Å². The van der Waals surface area contributed by atoms with Gasteiger partial charge in [-0.15, -0.1) is 0 Å². The minimum Gasteiger partial charge on any atom is -0.321 e. The SMILES string of the molecule is NC1CCn2c(=O)[nH]c3cccc(c32)C1=O. The van der Waals surface area contributed by atoms with Crippen molar-refractivity contribution in [2.45, 2.75) is 19.0 Å². The van der Waals surface area contributed by atoms with Crippen molar-refractivity contribution in [3.05, 3.63) is 34.2 Å². The minimum absolute atomic E-state index is 0.0872. The van der Waals surface area contributed by atoms with Gasteiger partial charge in [0.1, 0.15) is 0 Å². The van der Waals surface area contributed by atoms with Crippen molar-refractivity contribution in [1.29, 1.82) is 0 Å². The highest BCUT2D eigenvalue weighted by Gasteiger charge is 2.24. The maximum absolute atomic E-state index is 12.0. The number of rotatable bonds is 0. The molecule has 0 amide bonds. The van der Waals surface area contributed by atoms with Gasteiger partial charge >= 0.3 is 5.69 Å². The molecule has 1 atom stereocenters. The summed E-state index contributed by atoms with van der Waals surface area (Å²) in [6.45, 7) is 0.489. The van der Waals surface area contributed by atoms with Gasteiger partial charge < -0.3 is 10.7 Å². The molecule has 0 spiro atoms. The topological polar surface area (TPSA) is 80.9 Å². The third-order valence-electron chi connectivity index (χ3n) is 3.06. The van der Waals surface area contributed by atoms with E-state index in [1.54, 1.807) is 22.8 Å². The van der Waals surface area contributed by atoms with E-state index in [9.17, 15) is 9.59 Å². The quantitative estimate of drug-likeness (QED) is 0.663. The zero-order valence-electron chi connectivity index (χ0n) is 8.56. The van der Waals surface area contributed by atoms with E-state index in [1.807, 2.05) is 0 Å². The second kappa shape index (κ2) is 3.05. The first-order valence-electron chi connectivity index (χ1n) is 5.20. The van der Waals surface area contributed by atoms with Crippen LogP contribution in [0.1, 0.15) is 16.8 Å². The number of ketones is 1. The van der Waals surface area contributed by atoms with E-state index in [2.05, 4.69) is 4.98 Å². The first-order valence-corrected chi connectivity index (χ1v) is 5.20. The Bertz CT molecular complexity index is 638. The summed E-state index contributed by atoms with van der Waals surface area (Å²) >= 11 is 0. The van der Waals surface area contributed by atoms with Gasteiger partial charge in [-0.1, -0.05) is 6.07 Å². The molecule has 0 saturated heterocycles. The van der Waals surface area contributed by atoms with Crippen molar-refractivity contribution in [3.8, 4) is 0 Å². The Balaban J connectivity index is 2.46. The fourth-order valence-electron chi connectivity index (χ4n) is 2.23. The number of para-hydroxylation sites is 1. The first-order chi connectivity index (χ1) is 7.68. The highest BCUT2D eigenvalue weighted by molar-refractivity contribution is 6.09. The van der Waals surface area contributed by atoms with Crippen LogP contribution in [0.4, 0.5) is 0 Å². The van der Waals surface area contributed by atoms with Gasteiger partial charge in [-0.25, -0.2) is 4.79 Å². The first kappa shape index (κ1) is 9.35. The Hall–Kier alpha value is -1.88. The summed E-state index contributed by atoms with van der Waals surface area (Å²) in [7, 11) is 0. The van der Waals surface area contributed by atoms with Gasteiger partial charge in [-0.05, 0) is 18.6 Å². The zero-order valence-corrected chi connectivity index (χ0v) is 8.56. The van der Waals surface area contributed by atoms with E-state index in [0.717, 1.165) is 0 Å². The minimum atomic E-state index is -0.509. The molecule has 5 heteroatoms. The lowest BCUT2D eigenvalue weighted by atomic mass is 10.0. The standard InChI is InChI=1S/C11H11N3O2/c12-7-4-5-14-9-6(10(7)15)2-1-3-8(9)13-11(14)16/h1-3,7H,4-5,12H2,(H,13,16). The molecule has 1 aliphatic heterocycles. The molecular formula is C11H11N3O2. The molecule has 3 rings (SSSR count). The van der Waals surface area contributed by atoms with Gasteiger partial charge in [-0.3, -0.25) is 9.36 Å². The van der Waals surface area contributed by atoms with Gasteiger partial charge in [0, 0.05) is 12.1 Å². The number of carbonyl (C=O) groups is 1. The summed E-state index contributed by atoms with van der Waals surface area (Å²) in [4.78, 5) is 26.4. The third kappa shape index (κ3) is 1.09. The summed E-state index contributed by atoms with van der Waals surface area (Å²) < 4.78 is 1.59. The van der Waals surface area contributed by atoms with Gasteiger partial charge in [-0.2, -0.15) is 0 Å². The fraction of sp³-hybridized carbons (Fsp3) is 0.273. The molecule has 0 radical (unpaired) electrons. The molecule has 2 aromatic rings. The van der Waals surface area contributed by atoms with Crippen LogP contribution in [0.3, 0.4) is 0 Å². The highest BCUT2D eigenvalue weighted by Crippen LogP contribution is 2.21. The number of benzene rings is 1. The molecule has 3 N–H and O–H groups in total. The lowest BCUT2D eigenvalue weighted by Gasteiger charge is -2.05. The zero-order chi connectivity index (χ0) is 11.3. The maximum Gasteiger partial charge on any atom is 0.326 e. The molecule has 1 unspecified atom stereocenters. The van der Waals surface area contributed by atoms with E-state index in [-0.39, 0.29) is 11.5 Å². The predicted molar refractivity (Wildman–Crippen MR) is 59.5 cm³/mol. The number of imidazole rings is 1. The van der Waals surface area contributed by atoms with E-state index in [0.29, 0.717) is 29.6 Å². The van der Waals surface area contributed by atoms with E-state index in [1.165, 1.54) is 0 Å². The Labute approximate surface area is 90.9 Å². The second-order valence-electron chi connectivity index (χ2n) is 4.04. The molecule has 1 aromatic carbocycles. The Kier molecular flexibility index (Phi) is 1.79. The molecule has 5 nitrogen and oxygen atoms in total. The van der Waals surface area contributed by atoms with Crippen LogP contribution < -0.4 is 11.4 Å². The molecule has 0 bridgehead atoms. The van der Waals surface area contributed by atoms with E-state index < -0.39 is 6.04 Å². The Morgan fingerprint density at radius 1 is 1.38 bits per heavy atom. The predicted octanol–water partition coefficient (Wildman–Crippen LogP) is 0.243. The summed E-state index contributed by atoms with van der Waals surface area (Å²) in [5.41, 5.74) is 7.52.